The molecule has 0 radical (unpaired) electrons. The molecule has 0 atom stereocenters. The van der Waals surface area contributed by atoms with Crippen LogP contribution in [0.25, 0.3) is 5.69 Å². The standard InChI is InChI=1S/C24H27N7O5/c1-3-28(16-22(32)25-18-7-9-19(10-8-18)29-11-13-36-14-12-29)24(33)23-17(2)30(27-26-23)20-5-4-6-21(15-20)31(34)35/h4-10,15H,3,11-14,16H2,1-2H3,(H,25,32). The molecule has 1 aliphatic rings. The fraction of sp³-hybridized carbons (Fsp3) is 0.333. The Hall–Kier alpha value is -4.32. The summed E-state index contributed by atoms with van der Waals surface area (Å²) in [7, 11) is 0. The number of ether oxygens (including phenoxy) is 1. The molecule has 0 unspecified atom stereocenters. The summed E-state index contributed by atoms with van der Waals surface area (Å²) in [6, 6.07) is 13.4. The average Bonchev–Trinajstić information content (AvgIpc) is 3.29. The van der Waals surface area contributed by atoms with Gasteiger partial charge in [0.2, 0.25) is 5.91 Å². The third-order valence-corrected chi connectivity index (χ3v) is 5.91. The number of aromatic nitrogens is 3. The van der Waals surface area contributed by atoms with E-state index in [1.165, 1.54) is 27.8 Å². The summed E-state index contributed by atoms with van der Waals surface area (Å²) in [5, 5.41) is 21.9. The highest BCUT2D eigenvalue weighted by molar-refractivity contribution is 5.99. The third kappa shape index (κ3) is 5.49. The Bertz CT molecular complexity index is 1250. The number of morpholine rings is 1. The van der Waals surface area contributed by atoms with Crippen molar-refractivity contribution in [2.24, 2.45) is 0 Å². The highest BCUT2D eigenvalue weighted by Gasteiger charge is 2.24. The Morgan fingerprint density at radius 2 is 1.86 bits per heavy atom. The lowest BCUT2D eigenvalue weighted by molar-refractivity contribution is -0.384. The third-order valence-electron chi connectivity index (χ3n) is 5.91. The molecule has 1 N–H and O–H groups in total. The molecule has 0 aliphatic carbocycles. The zero-order chi connectivity index (χ0) is 25.7. The van der Waals surface area contributed by atoms with Gasteiger partial charge in [-0.1, -0.05) is 11.3 Å². The SMILES string of the molecule is CCN(CC(=O)Nc1ccc(N2CCOCC2)cc1)C(=O)c1nnn(-c2cccc([N+](=O)[O-])c2)c1C. The van der Waals surface area contributed by atoms with Gasteiger partial charge in [-0.3, -0.25) is 19.7 Å². The minimum absolute atomic E-state index is 0.0750. The fourth-order valence-corrected chi connectivity index (χ4v) is 3.94. The van der Waals surface area contributed by atoms with E-state index >= 15 is 0 Å². The van der Waals surface area contributed by atoms with Crippen LogP contribution in [0.2, 0.25) is 0 Å². The Labute approximate surface area is 207 Å². The average molecular weight is 494 g/mol. The Kier molecular flexibility index (Phi) is 7.54. The van der Waals surface area contributed by atoms with Crippen molar-refractivity contribution in [2.45, 2.75) is 13.8 Å². The number of carbonyl (C=O) groups is 2. The summed E-state index contributed by atoms with van der Waals surface area (Å²) in [6.45, 7) is 6.57. The number of benzene rings is 2. The van der Waals surface area contributed by atoms with Crippen LogP contribution in [0.4, 0.5) is 17.1 Å². The normalized spacial score (nSPS) is 13.3. The number of rotatable bonds is 8. The van der Waals surface area contributed by atoms with Crippen molar-refractivity contribution in [3.05, 3.63) is 70.0 Å². The smallest absolute Gasteiger partial charge is 0.276 e. The summed E-state index contributed by atoms with van der Waals surface area (Å²) in [5.74, 6) is -0.794. The first-order valence-electron chi connectivity index (χ1n) is 11.6. The van der Waals surface area contributed by atoms with Crippen molar-refractivity contribution in [2.75, 3.05) is 49.6 Å². The van der Waals surface area contributed by atoms with Gasteiger partial charge in [0, 0.05) is 43.1 Å². The molecule has 0 saturated carbocycles. The molecule has 1 saturated heterocycles. The van der Waals surface area contributed by atoms with E-state index in [9.17, 15) is 19.7 Å². The Balaban J connectivity index is 1.41. The molecule has 12 heteroatoms. The van der Waals surface area contributed by atoms with Crippen LogP contribution >= 0.6 is 0 Å². The predicted octanol–water partition coefficient (Wildman–Crippen LogP) is 2.42. The first-order valence-corrected chi connectivity index (χ1v) is 11.6. The number of amides is 2. The van der Waals surface area contributed by atoms with Crippen molar-refractivity contribution >= 4 is 28.9 Å². The number of carbonyl (C=O) groups excluding carboxylic acids is 2. The molecule has 188 valence electrons. The fourth-order valence-electron chi connectivity index (χ4n) is 3.94. The van der Waals surface area contributed by atoms with Gasteiger partial charge in [-0.25, -0.2) is 4.68 Å². The van der Waals surface area contributed by atoms with Gasteiger partial charge in [0.25, 0.3) is 11.6 Å². The van der Waals surface area contributed by atoms with Crippen LogP contribution < -0.4 is 10.2 Å². The molecule has 0 bridgehead atoms. The molecule has 4 rings (SSSR count). The molecule has 2 aromatic carbocycles. The number of likely N-dealkylation sites (N-methyl/N-ethyl adjacent to an activating group) is 1. The lowest BCUT2D eigenvalue weighted by Gasteiger charge is -2.29. The van der Waals surface area contributed by atoms with Crippen LogP contribution in [-0.4, -0.2) is 76.0 Å². The largest absolute Gasteiger partial charge is 0.378 e. The molecule has 1 fully saturated rings. The van der Waals surface area contributed by atoms with Crippen LogP contribution in [-0.2, 0) is 9.53 Å². The Morgan fingerprint density at radius 3 is 2.53 bits per heavy atom. The zero-order valence-electron chi connectivity index (χ0n) is 20.1. The summed E-state index contributed by atoms with van der Waals surface area (Å²) < 4.78 is 6.74. The summed E-state index contributed by atoms with van der Waals surface area (Å²) in [4.78, 5) is 40.0. The van der Waals surface area contributed by atoms with Gasteiger partial charge in [0.1, 0.15) is 6.54 Å². The molecule has 1 aromatic heterocycles. The van der Waals surface area contributed by atoms with E-state index in [-0.39, 0.29) is 30.4 Å². The number of nitro benzene ring substituents is 1. The first kappa shape index (κ1) is 24.8. The van der Waals surface area contributed by atoms with Crippen LogP contribution in [0.15, 0.2) is 48.5 Å². The van der Waals surface area contributed by atoms with Crippen molar-refractivity contribution in [3.63, 3.8) is 0 Å². The van der Waals surface area contributed by atoms with Gasteiger partial charge < -0.3 is 19.9 Å². The number of nitrogens with one attached hydrogen (secondary N) is 1. The van der Waals surface area contributed by atoms with Gasteiger partial charge in [-0.05, 0) is 44.2 Å². The van der Waals surface area contributed by atoms with Gasteiger partial charge in [-0.15, -0.1) is 5.10 Å². The van der Waals surface area contributed by atoms with Gasteiger partial charge in [0.15, 0.2) is 5.69 Å². The minimum Gasteiger partial charge on any atom is -0.378 e. The van der Waals surface area contributed by atoms with Gasteiger partial charge in [-0.2, -0.15) is 0 Å². The van der Waals surface area contributed by atoms with Crippen molar-refractivity contribution in [1.82, 2.24) is 19.9 Å². The number of hydrogen-bond donors (Lipinski definition) is 1. The van der Waals surface area contributed by atoms with Crippen molar-refractivity contribution in [3.8, 4) is 5.69 Å². The summed E-state index contributed by atoms with van der Waals surface area (Å²) in [6.07, 6.45) is 0. The number of nitrogens with zero attached hydrogens (tertiary/aromatic N) is 6. The van der Waals surface area contributed by atoms with E-state index < -0.39 is 10.8 Å². The highest BCUT2D eigenvalue weighted by atomic mass is 16.6. The predicted molar refractivity (Wildman–Crippen MR) is 132 cm³/mol. The number of hydrogen-bond acceptors (Lipinski definition) is 8. The molecular weight excluding hydrogens is 466 g/mol. The monoisotopic (exact) mass is 493 g/mol. The molecule has 2 heterocycles. The van der Waals surface area contributed by atoms with Crippen molar-refractivity contribution in [1.29, 1.82) is 0 Å². The summed E-state index contributed by atoms with van der Waals surface area (Å²) >= 11 is 0. The second-order valence-electron chi connectivity index (χ2n) is 8.23. The molecule has 36 heavy (non-hydrogen) atoms. The maximum Gasteiger partial charge on any atom is 0.276 e. The Morgan fingerprint density at radius 1 is 1.14 bits per heavy atom. The van der Waals surface area contributed by atoms with Gasteiger partial charge in [0.05, 0.1) is 29.5 Å². The van der Waals surface area contributed by atoms with Gasteiger partial charge >= 0.3 is 0 Å². The van der Waals surface area contributed by atoms with E-state index in [4.69, 9.17) is 4.74 Å². The molecule has 0 spiro atoms. The minimum atomic E-state index is -0.505. The van der Waals surface area contributed by atoms with Crippen molar-refractivity contribution < 1.29 is 19.2 Å². The van der Waals surface area contributed by atoms with E-state index in [1.807, 2.05) is 24.3 Å². The van der Waals surface area contributed by atoms with Crippen LogP contribution in [0.5, 0.6) is 0 Å². The maximum atomic E-state index is 13.1. The zero-order valence-corrected chi connectivity index (χ0v) is 20.1. The molecular formula is C24H27N7O5. The lowest BCUT2D eigenvalue weighted by Crippen LogP contribution is -2.38. The second kappa shape index (κ2) is 11.0. The molecule has 3 aromatic rings. The maximum absolute atomic E-state index is 13.1. The number of non-ortho nitro benzene ring substituents is 1. The number of anilines is 2. The van der Waals surface area contributed by atoms with Crippen LogP contribution in [0, 0.1) is 17.0 Å². The van der Waals surface area contributed by atoms with Crippen LogP contribution in [0.1, 0.15) is 23.1 Å². The highest BCUT2D eigenvalue weighted by Crippen LogP contribution is 2.20. The first-order chi connectivity index (χ1) is 17.4. The quantitative estimate of drug-likeness (QED) is 0.373. The second-order valence-corrected chi connectivity index (χ2v) is 8.23. The lowest BCUT2D eigenvalue weighted by atomic mass is 10.2. The van der Waals surface area contributed by atoms with E-state index in [1.54, 1.807) is 19.9 Å². The molecule has 1 aliphatic heterocycles. The molecule has 2 amide bonds. The number of nitro groups is 1. The van der Waals surface area contributed by atoms with E-state index in [0.29, 0.717) is 30.3 Å². The topological polar surface area (TPSA) is 136 Å². The van der Waals surface area contributed by atoms with Crippen LogP contribution in [0.3, 0.4) is 0 Å². The molecule has 12 nitrogen and oxygen atoms in total. The summed E-state index contributed by atoms with van der Waals surface area (Å²) in [5.41, 5.74) is 2.50. The van der Waals surface area contributed by atoms with E-state index in [0.717, 1.165) is 18.8 Å². The van der Waals surface area contributed by atoms with E-state index in [2.05, 4.69) is 20.5 Å².